The second-order valence-electron chi connectivity index (χ2n) is 3.94. The minimum absolute atomic E-state index is 0. The van der Waals surface area contributed by atoms with Crippen LogP contribution in [0.4, 0.5) is 0 Å². The molecule has 0 radical (unpaired) electrons. The van der Waals surface area contributed by atoms with Crippen molar-refractivity contribution in [2.45, 2.75) is 0 Å². The average Bonchev–Trinajstić information content (AvgIpc) is 1.98. The topological polar surface area (TPSA) is 112 Å². The summed E-state index contributed by atoms with van der Waals surface area (Å²) in [5.74, 6) is 0. The van der Waals surface area contributed by atoms with Crippen LogP contribution in [0.3, 0.4) is 0 Å². The molecule has 0 aliphatic rings. The number of nitrogens with zero attached hydrogens (tertiary/aromatic N) is 1. The lowest BCUT2D eigenvalue weighted by Gasteiger charge is -2.23. The van der Waals surface area contributed by atoms with Gasteiger partial charge in [-0.3, -0.25) is 9.05 Å². The van der Waals surface area contributed by atoms with E-state index in [1.807, 2.05) is 21.1 Å². The fourth-order valence-electron chi connectivity index (χ4n) is 0.635. The quantitative estimate of drug-likeness (QED) is 0.466. The largest absolute Gasteiger partial charge is 0.870 e. The molecule has 0 fully saturated rings. The van der Waals surface area contributed by atoms with Crippen LogP contribution in [-0.4, -0.2) is 62.3 Å². The number of phosphoric ester groups is 1. The second-order valence-corrected chi connectivity index (χ2v) is 5.39. The summed E-state index contributed by atoms with van der Waals surface area (Å²) >= 11 is 0. The van der Waals surface area contributed by atoms with E-state index in [1.54, 1.807) is 0 Å². The summed E-state index contributed by atoms with van der Waals surface area (Å²) in [4.78, 5) is 9.09. The summed E-state index contributed by atoms with van der Waals surface area (Å²) in [6, 6.07) is 0. The Hall–Kier alpha value is -0.0100. The zero-order chi connectivity index (χ0) is 11.2. The van der Waals surface area contributed by atoms with Crippen LogP contribution in [-0.2, 0) is 13.6 Å². The Morgan fingerprint density at radius 1 is 1.27 bits per heavy atom. The Morgan fingerprint density at radius 2 is 1.73 bits per heavy atom. The first-order chi connectivity index (χ1) is 6.27. The van der Waals surface area contributed by atoms with Gasteiger partial charge in [0, 0.05) is 6.54 Å². The van der Waals surface area contributed by atoms with Gasteiger partial charge in [-0.05, 0) is 0 Å². The molecule has 0 amide bonds. The third kappa shape index (κ3) is 11.9. The fourth-order valence-corrected chi connectivity index (χ4v) is 1.36. The van der Waals surface area contributed by atoms with E-state index >= 15 is 0 Å². The molecule has 1 atom stereocenters. The third-order valence-electron chi connectivity index (χ3n) is 1.39. The second kappa shape index (κ2) is 7.29. The van der Waals surface area contributed by atoms with Crippen LogP contribution >= 0.6 is 7.82 Å². The normalized spacial score (nSPS) is 15.5. The summed E-state index contributed by atoms with van der Waals surface area (Å²) < 4.78 is 21.0. The Morgan fingerprint density at radius 3 is 2.13 bits per heavy atom. The molecule has 8 heteroatoms. The molecule has 7 nitrogen and oxygen atoms in total. The molecule has 0 bridgehead atoms. The van der Waals surface area contributed by atoms with Gasteiger partial charge in [0.1, 0.15) is 13.2 Å². The minimum Gasteiger partial charge on any atom is -0.870 e. The van der Waals surface area contributed by atoms with Crippen molar-refractivity contribution in [3.05, 3.63) is 0 Å². The molecule has 1 unspecified atom stereocenters. The predicted octanol–water partition coefficient (Wildman–Crippen LogP) is -0.392. The molecule has 0 aliphatic carbocycles. The van der Waals surface area contributed by atoms with Gasteiger partial charge in [-0.2, -0.15) is 0 Å². The molecule has 15 heavy (non-hydrogen) atoms. The van der Waals surface area contributed by atoms with Crippen LogP contribution in [0.15, 0.2) is 0 Å². The van der Waals surface area contributed by atoms with E-state index in [0.29, 0.717) is 11.0 Å². The summed E-state index contributed by atoms with van der Waals surface area (Å²) in [5.41, 5.74) is 5.12. The Kier molecular flexibility index (Phi) is 8.45. The number of rotatable bonds is 7. The number of hydrogen-bond acceptors (Lipinski definition) is 5. The smallest absolute Gasteiger partial charge is 0.472 e. The van der Waals surface area contributed by atoms with E-state index in [1.165, 1.54) is 0 Å². The highest BCUT2D eigenvalue weighted by atomic mass is 31.2. The summed E-state index contributed by atoms with van der Waals surface area (Å²) in [6.07, 6.45) is 0. The Balaban J connectivity index is 0. The zero-order valence-electron chi connectivity index (χ0n) is 9.42. The number of nitrogens with two attached hydrogens (primary N) is 1. The molecule has 0 aliphatic heterocycles. The van der Waals surface area contributed by atoms with Crippen molar-refractivity contribution in [1.82, 2.24) is 0 Å². The van der Waals surface area contributed by atoms with E-state index in [9.17, 15) is 4.57 Å². The molecule has 0 saturated heterocycles. The van der Waals surface area contributed by atoms with Crippen LogP contribution in [0.5, 0.6) is 0 Å². The SMILES string of the molecule is C[N+](C)(C)CCOP(=O)(O)OCCN.[OH-]. The van der Waals surface area contributed by atoms with E-state index in [2.05, 4.69) is 4.52 Å². The standard InChI is InChI=1S/C7H19N2O4P.H2O/c1-9(2,3)5-7-13-14(10,11)12-6-4-8;/h4-8H2,1-3H3;1H2. The maximum Gasteiger partial charge on any atom is 0.472 e. The zero-order valence-corrected chi connectivity index (χ0v) is 10.3. The highest BCUT2D eigenvalue weighted by molar-refractivity contribution is 7.47. The lowest BCUT2D eigenvalue weighted by atomic mass is 10.5. The van der Waals surface area contributed by atoms with Crippen molar-refractivity contribution in [2.24, 2.45) is 5.73 Å². The molecular formula is C7H21N2O5P. The van der Waals surface area contributed by atoms with Crippen molar-refractivity contribution in [1.29, 1.82) is 0 Å². The number of quaternary nitrogens is 1. The lowest BCUT2D eigenvalue weighted by Crippen LogP contribution is -2.37. The van der Waals surface area contributed by atoms with Crippen molar-refractivity contribution in [3.8, 4) is 0 Å². The van der Waals surface area contributed by atoms with Crippen LogP contribution < -0.4 is 5.73 Å². The molecule has 0 saturated carbocycles. The molecule has 0 heterocycles. The van der Waals surface area contributed by atoms with E-state index < -0.39 is 7.82 Å². The van der Waals surface area contributed by atoms with Crippen LogP contribution in [0, 0.1) is 0 Å². The van der Waals surface area contributed by atoms with Gasteiger partial charge in [0.05, 0.1) is 27.7 Å². The molecule has 0 aromatic heterocycles. The highest BCUT2D eigenvalue weighted by Crippen LogP contribution is 2.42. The van der Waals surface area contributed by atoms with Gasteiger partial charge in [0.25, 0.3) is 0 Å². The van der Waals surface area contributed by atoms with E-state index in [0.717, 1.165) is 0 Å². The number of phosphoric acid groups is 1. The number of likely N-dealkylation sites (N-methyl/N-ethyl adjacent to an activating group) is 1. The van der Waals surface area contributed by atoms with Crippen molar-refractivity contribution < 1.29 is 28.5 Å². The van der Waals surface area contributed by atoms with Gasteiger partial charge < -0.3 is 20.6 Å². The molecule has 0 spiro atoms. The maximum atomic E-state index is 11.1. The van der Waals surface area contributed by atoms with Gasteiger partial charge in [0.15, 0.2) is 0 Å². The summed E-state index contributed by atoms with van der Waals surface area (Å²) in [5, 5.41) is 0. The van der Waals surface area contributed by atoms with Gasteiger partial charge >= 0.3 is 7.82 Å². The maximum absolute atomic E-state index is 11.1. The Labute approximate surface area is 90.3 Å². The van der Waals surface area contributed by atoms with Gasteiger partial charge in [-0.25, -0.2) is 4.57 Å². The first-order valence-corrected chi connectivity index (χ1v) is 5.89. The van der Waals surface area contributed by atoms with Gasteiger partial charge in [0.2, 0.25) is 0 Å². The molecule has 0 aromatic carbocycles. The third-order valence-corrected chi connectivity index (χ3v) is 2.41. The summed E-state index contributed by atoms with van der Waals surface area (Å²) in [7, 11) is 2.01. The van der Waals surface area contributed by atoms with Gasteiger partial charge in [-0.1, -0.05) is 0 Å². The van der Waals surface area contributed by atoms with E-state index in [-0.39, 0.29) is 25.2 Å². The lowest BCUT2D eigenvalue weighted by molar-refractivity contribution is -0.870. The van der Waals surface area contributed by atoms with Crippen LogP contribution in [0.1, 0.15) is 0 Å². The average molecular weight is 244 g/mol. The van der Waals surface area contributed by atoms with Crippen LogP contribution in [0.2, 0.25) is 0 Å². The van der Waals surface area contributed by atoms with Crippen molar-refractivity contribution >= 4 is 7.82 Å². The Bertz CT molecular complexity index is 206. The molecular weight excluding hydrogens is 223 g/mol. The van der Waals surface area contributed by atoms with Crippen molar-refractivity contribution in [3.63, 3.8) is 0 Å². The monoisotopic (exact) mass is 244 g/mol. The fraction of sp³-hybridized carbons (Fsp3) is 1.00. The molecule has 0 aromatic rings. The minimum atomic E-state index is -3.89. The van der Waals surface area contributed by atoms with Gasteiger partial charge in [-0.15, -0.1) is 0 Å². The summed E-state index contributed by atoms with van der Waals surface area (Å²) in [6.45, 7) is 1.04. The van der Waals surface area contributed by atoms with E-state index in [4.69, 9.17) is 15.2 Å². The number of hydrogen-bond donors (Lipinski definition) is 2. The van der Waals surface area contributed by atoms with Crippen LogP contribution in [0.25, 0.3) is 0 Å². The molecule has 0 rings (SSSR count). The predicted molar refractivity (Wildman–Crippen MR) is 55.6 cm³/mol. The molecule has 94 valence electrons. The highest BCUT2D eigenvalue weighted by Gasteiger charge is 2.21. The van der Waals surface area contributed by atoms with Crippen molar-refractivity contribution in [2.75, 3.05) is 47.4 Å². The first kappa shape index (κ1) is 17.4. The first-order valence-electron chi connectivity index (χ1n) is 4.39. The molecule has 4 N–H and O–H groups in total.